The molecule has 0 aromatic rings. The second kappa shape index (κ2) is 2.47. The molecule has 3 heteroatoms. The van der Waals surface area contributed by atoms with E-state index in [1.165, 1.54) is 0 Å². The normalized spacial score (nSPS) is 43.0. The molecule has 74 valence electrons. The van der Waals surface area contributed by atoms with Crippen molar-refractivity contribution >= 4 is 5.91 Å². The standard InChI is InChI=1S/C10H17NO2/c1-3-7(2)11-8(12)9-4-10(13,5-9)6-9/h7,13H,3-6H2,1-2H3,(H,11,12)/t7-,9?,10?/m1/s1. The Kier molecular flexibility index (Phi) is 1.71. The van der Waals surface area contributed by atoms with Crippen LogP contribution < -0.4 is 5.32 Å². The van der Waals surface area contributed by atoms with Crippen molar-refractivity contribution in [1.82, 2.24) is 5.32 Å². The number of carbonyl (C=O) groups is 1. The van der Waals surface area contributed by atoms with Crippen LogP contribution in [-0.2, 0) is 4.79 Å². The van der Waals surface area contributed by atoms with E-state index in [-0.39, 0.29) is 17.4 Å². The van der Waals surface area contributed by atoms with E-state index >= 15 is 0 Å². The molecule has 1 amide bonds. The second-order valence-electron chi connectivity index (χ2n) is 4.82. The molecule has 13 heavy (non-hydrogen) atoms. The van der Waals surface area contributed by atoms with Gasteiger partial charge in [0.25, 0.3) is 0 Å². The summed E-state index contributed by atoms with van der Waals surface area (Å²) in [5, 5.41) is 12.5. The first-order valence-corrected chi connectivity index (χ1v) is 5.03. The lowest BCUT2D eigenvalue weighted by Gasteiger charge is -2.66. The maximum absolute atomic E-state index is 11.7. The van der Waals surface area contributed by atoms with Crippen LogP contribution in [0.1, 0.15) is 39.5 Å². The van der Waals surface area contributed by atoms with E-state index in [4.69, 9.17) is 0 Å². The summed E-state index contributed by atoms with van der Waals surface area (Å²) in [5.74, 6) is 0.151. The summed E-state index contributed by atoms with van der Waals surface area (Å²) in [6.45, 7) is 4.07. The molecule has 1 atom stereocenters. The van der Waals surface area contributed by atoms with E-state index in [1.807, 2.05) is 6.92 Å². The largest absolute Gasteiger partial charge is 0.390 e. The Labute approximate surface area is 78.5 Å². The lowest BCUT2D eigenvalue weighted by molar-refractivity contribution is -0.250. The summed E-state index contributed by atoms with van der Waals surface area (Å²) in [7, 11) is 0. The van der Waals surface area contributed by atoms with Gasteiger partial charge in [0.2, 0.25) is 5.91 Å². The van der Waals surface area contributed by atoms with Crippen molar-refractivity contribution in [3.8, 4) is 0 Å². The summed E-state index contributed by atoms with van der Waals surface area (Å²) < 4.78 is 0. The summed E-state index contributed by atoms with van der Waals surface area (Å²) >= 11 is 0. The van der Waals surface area contributed by atoms with Crippen LogP contribution in [0.3, 0.4) is 0 Å². The van der Waals surface area contributed by atoms with Crippen molar-refractivity contribution in [2.45, 2.75) is 51.2 Å². The third-order valence-corrected chi connectivity index (χ3v) is 3.47. The quantitative estimate of drug-likeness (QED) is 0.680. The fraction of sp³-hybridized carbons (Fsp3) is 0.900. The van der Waals surface area contributed by atoms with Gasteiger partial charge >= 0.3 is 0 Å². The molecule has 0 unspecified atom stereocenters. The average molecular weight is 183 g/mol. The zero-order chi connectivity index (χ0) is 9.69. The van der Waals surface area contributed by atoms with Gasteiger partial charge < -0.3 is 10.4 Å². The van der Waals surface area contributed by atoms with Gasteiger partial charge in [-0.05, 0) is 32.6 Å². The lowest BCUT2D eigenvalue weighted by atomic mass is 9.41. The molecule has 0 aromatic heterocycles. The van der Waals surface area contributed by atoms with Crippen molar-refractivity contribution in [2.24, 2.45) is 5.41 Å². The maximum atomic E-state index is 11.7. The van der Waals surface area contributed by atoms with Crippen LogP contribution in [0.15, 0.2) is 0 Å². The Morgan fingerprint density at radius 3 is 2.46 bits per heavy atom. The zero-order valence-electron chi connectivity index (χ0n) is 8.26. The molecule has 0 radical (unpaired) electrons. The predicted molar refractivity (Wildman–Crippen MR) is 49.1 cm³/mol. The fourth-order valence-electron chi connectivity index (χ4n) is 2.45. The van der Waals surface area contributed by atoms with Gasteiger partial charge in [0.1, 0.15) is 0 Å². The number of rotatable bonds is 3. The fourth-order valence-corrected chi connectivity index (χ4v) is 2.45. The number of hydrogen-bond acceptors (Lipinski definition) is 2. The Bertz CT molecular complexity index is 230. The van der Waals surface area contributed by atoms with Gasteiger partial charge in [0.05, 0.1) is 11.0 Å². The van der Waals surface area contributed by atoms with Gasteiger partial charge in [0, 0.05) is 6.04 Å². The van der Waals surface area contributed by atoms with Gasteiger partial charge in [-0.2, -0.15) is 0 Å². The van der Waals surface area contributed by atoms with E-state index in [9.17, 15) is 9.90 Å². The first-order chi connectivity index (χ1) is 6.00. The Balaban J connectivity index is 1.86. The van der Waals surface area contributed by atoms with Gasteiger partial charge in [-0.25, -0.2) is 0 Å². The topological polar surface area (TPSA) is 49.3 Å². The molecule has 2 bridgehead atoms. The summed E-state index contributed by atoms with van der Waals surface area (Å²) in [5.41, 5.74) is -0.648. The van der Waals surface area contributed by atoms with Crippen molar-refractivity contribution in [1.29, 1.82) is 0 Å². The highest BCUT2D eigenvalue weighted by Gasteiger charge is 2.71. The molecule has 3 aliphatic carbocycles. The molecule has 3 nitrogen and oxygen atoms in total. The highest BCUT2D eigenvalue weighted by atomic mass is 16.3. The smallest absolute Gasteiger partial charge is 0.226 e. The average Bonchev–Trinajstić information content (AvgIpc) is 1.96. The molecule has 0 aliphatic heterocycles. The Hall–Kier alpha value is -0.570. The molecular formula is C10H17NO2. The van der Waals surface area contributed by atoms with Gasteiger partial charge in [-0.3, -0.25) is 4.79 Å². The van der Waals surface area contributed by atoms with E-state index in [0.29, 0.717) is 19.3 Å². The van der Waals surface area contributed by atoms with Crippen LogP contribution in [-0.4, -0.2) is 22.7 Å². The third-order valence-electron chi connectivity index (χ3n) is 3.47. The molecule has 3 fully saturated rings. The van der Waals surface area contributed by atoms with E-state index in [0.717, 1.165) is 6.42 Å². The molecule has 0 saturated heterocycles. The van der Waals surface area contributed by atoms with Crippen LogP contribution in [0.2, 0.25) is 0 Å². The first-order valence-electron chi connectivity index (χ1n) is 5.03. The van der Waals surface area contributed by atoms with Gasteiger partial charge in [0.15, 0.2) is 0 Å². The molecule has 0 aromatic carbocycles. The summed E-state index contributed by atoms with van der Waals surface area (Å²) in [6.07, 6.45) is 3.01. The Morgan fingerprint density at radius 2 is 2.08 bits per heavy atom. The number of hydrogen-bond donors (Lipinski definition) is 2. The van der Waals surface area contributed by atoms with Crippen LogP contribution in [0.5, 0.6) is 0 Å². The van der Waals surface area contributed by atoms with E-state index in [1.54, 1.807) is 0 Å². The van der Waals surface area contributed by atoms with Crippen LogP contribution in [0.4, 0.5) is 0 Å². The molecule has 3 rings (SSSR count). The minimum absolute atomic E-state index is 0.151. The number of aliphatic hydroxyl groups is 1. The molecule has 3 saturated carbocycles. The van der Waals surface area contributed by atoms with Gasteiger partial charge in [-0.1, -0.05) is 6.92 Å². The molecule has 3 aliphatic rings. The van der Waals surface area contributed by atoms with Crippen LogP contribution in [0.25, 0.3) is 0 Å². The van der Waals surface area contributed by atoms with Crippen molar-refractivity contribution in [3.63, 3.8) is 0 Å². The van der Waals surface area contributed by atoms with Crippen molar-refractivity contribution in [2.75, 3.05) is 0 Å². The second-order valence-corrected chi connectivity index (χ2v) is 4.82. The number of amides is 1. The SMILES string of the molecule is CC[C@@H](C)NC(=O)C12CC(O)(C1)C2. The van der Waals surface area contributed by atoms with Crippen LogP contribution >= 0.6 is 0 Å². The lowest BCUT2D eigenvalue weighted by Crippen LogP contribution is -2.72. The minimum atomic E-state index is -0.465. The predicted octanol–water partition coefficient (Wildman–Crippen LogP) is 0.816. The van der Waals surface area contributed by atoms with E-state index < -0.39 is 5.60 Å². The van der Waals surface area contributed by atoms with Crippen molar-refractivity contribution < 1.29 is 9.90 Å². The zero-order valence-corrected chi connectivity index (χ0v) is 8.26. The monoisotopic (exact) mass is 183 g/mol. The summed E-state index contributed by atoms with van der Waals surface area (Å²) in [4.78, 5) is 11.7. The third kappa shape index (κ3) is 1.17. The molecule has 0 spiro atoms. The Morgan fingerprint density at radius 1 is 1.54 bits per heavy atom. The number of nitrogens with one attached hydrogen (secondary N) is 1. The van der Waals surface area contributed by atoms with Gasteiger partial charge in [-0.15, -0.1) is 0 Å². The maximum Gasteiger partial charge on any atom is 0.226 e. The molecular weight excluding hydrogens is 166 g/mol. The summed E-state index contributed by atoms with van der Waals surface area (Å²) in [6, 6.07) is 0.260. The minimum Gasteiger partial charge on any atom is -0.390 e. The molecule has 2 N–H and O–H groups in total. The van der Waals surface area contributed by atoms with Crippen molar-refractivity contribution in [3.05, 3.63) is 0 Å². The first kappa shape index (κ1) is 9.00. The number of carbonyl (C=O) groups excluding carboxylic acids is 1. The molecule has 0 heterocycles. The highest BCUT2D eigenvalue weighted by molar-refractivity contribution is 5.87. The van der Waals surface area contributed by atoms with E-state index in [2.05, 4.69) is 12.2 Å². The highest BCUT2D eigenvalue weighted by Crippen LogP contribution is 2.67. The van der Waals surface area contributed by atoms with Crippen LogP contribution in [0, 0.1) is 5.41 Å².